The molecule has 0 amide bonds. The second-order valence-corrected chi connectivity index (χ2v) is 6.43. The molecule has 2 atom stereocenters. The number of hydrogen-bond acceptors (Lipinski definition) is 7. The summed E-state index contributed by atoms with van der Waals surface area (Å²) in [4.78, 5) is 6.20. The Labute approximate surface area is 153 Å². The minimum atomic E-state index is -4.55. The highest BCUT2D eigenvalue weighted by Gasteiger charge is 2.32. The topological polar surface area (TPSA) is 91.6 Å². The van der Waals surface area contributed by atoms with Crippen LogP contribution in [0.2, 0.25) is 0 Å². The molecule has 2 heterocycles. The number of halogens is 3. The number of ether oxygens (including phenoxy) is 1. The average molecular weight is 384 g/mol. The Morgan fingerprint density at radius 3 is 2.59 bits per heavy atom. The number of aryl methyl sites for hydroxylation is 1. The van der Waals surface area contributed by atoms with Crippen LogP contribution >= 0.6 is 0 Å². The van der Waals surface area contributed by atoms with E-state index in [2.05, 4.69) is 15.2 Å². The summed E-state index contributed by atoms with van der Waals surface area (Å²) >= 11 is 0. The lowest BCUT2D eigenvalue weighted by molar-refractivity contribution is -0.137. The van der Waals surface area contributed by atoms with Crippen molar-refractivity contribution < 1.29 is 28.1 Å². The number of aromatic hydroxyl groups is 1. The molecular weight excluding hydrogens is 365 g/mol. The number of aromatic nitrogens is 3. The van der Waals surface area contributed by atoms with Gasteiger partial charge in [0, 0.05) is 18.7 Å². The van der Waals surface area contributed by atoms with E-state index in [0.29, 0.717) is 30.8 Å². The second-order valence-electron chi connectivity index (χ2n) is 6.43. The molecule has 1 aromatic heterocycles. The van der Waals surface area contributed by atoms with Gasteiger partial charge in [0.25, 0.3) is 0 Å². The summed E-state index contributed by atoms with van der Waals surface area (Å²) < 4.78 is 43.8. The van der Waals surface area contributed by atoms with E-state index in [1.54, 1.807) is 6.92 Å². The number of rotatable bonds is 3. The summed E-state index contributed by atoms with van der Waals surface area (Å²) in [5.74, 6) is -0.214. The largest absolute Gasteiger partial charge is 0.507 e. The first kappa shape index (κ1) is 19.3. The van der Waals surface area contributed by atoms with Gasteiger partial charge < -0.3 is 19.8 Å². The van der Waals surface area contributed by atoms with Crippen LogP contribution in [0.3, 0.4) is 0 Å². The van der Waals surface area contributed by atoms with E-state index in [9.17, 15) is 23.4 Å². The van der Waals surface area contributed by atoms with E-state index in [4.69, 9.17) is 4.74 Å². The van der Waals surface area contributed by atoms with Crippen LogP contribution in [0, 0.1) is 6.92 Å². The molecule has 7 nitrogen and oxygen atoms in total. The zero-order chi connectivity index (χ0) is 19.8. The lowest BCUT2D eigenvalue weighted by Gasteiger charge is -2.35. The lowest BCUT2D eigenvalue weighted by atomic mass is 10.1. The normalized spacial score (nSPS) is 20.7. The van der Waals surface area contributed by atoms with Crippen LogP contribution in [0.1, 0.15) is 18.2 Å². The van der Waals surface area contributed by atoms with Gasteiger partial charge in [0.1, 0.15) is 11.4 Å². The summed E-state index contributed by atoms with van der Waals surface area (Å²) in [5.41, 5.74) is -0.216. The molecule has 0 aliphatic carbocycles. The highest BCUT2D eigenvalue weighted by Crippen LogP contribution is 2.36. The minimum Gasteiger partial charge on any atom is -0.507 e. The molecule has 27 heavy (non-hydrogen) atoms. The highest BCUT2D eigenvalue weighted by molar-refractivity contribution is 5.69. The van der Waals surface area contributed by atoms with Crippen molar-refractivity contribution in [2.45, 2.75) is 32.2 Å². The molecular formula is C17H19F3N4O3. The van der Waals surface area contributed by atoms with Crippen LogP contribution in [0.25, 0.3) is 11.3 Å². The number of aliphatic hydroxyl groups excluding tert-OH is 1. The van der Waals surface area contributed by atoms with E-state index < -0.39 is 17.5 Å². The van der Waals surface area contributed by atoms with Crippen molar-refractivity contribution >= 4 is 5.95 Å². The van der Waals surface area contributed by atoms with Crippen LogP contribution in [0.4, 0.5) is 19.1 Å². The summed E-state index contributed by atoms with van der Waals surface area (Å²) in [7, 11) is 0. The standard InChI is InChI=1S/C17H19F3N4O3/c1-9-6-24(7-12(8-25)27-9)16-21-10(2)15(22-23-16)13-4-3-11(5-14(13)26)17(18,19)20/h3-5,9,12,25-26H,6-8H2,1-2H3/t9-,12+/m1/s1. The van der Waals surface area contributed by atoms with Gasteiger partial charge in [0.05, 0.1) is 30.1 Å². The molecule has 2 aromatic rings. The third-order valence-electron chi connectivity index (χ3n) is 4.24. The van der Waals surface area contributed by atoms with Crippen molar-refractivity contribution in [3.63, 3.8) is 0 Å². The zero-order valence-electron chi connectivity index (χ0n) is 14.7. The SMILES string of the molecule is Cc1nc(N2C[C@@H](CO)O[C@H](C)C2)nnc1-c1ccc(C(F)(F)F)cc1O. The summed E-state index contributed by atoms with van der Waals surface area (Å²) in [6.07, 6.45) is -5.04. The monoisotopic (exact) mass is 384 g/mol. The van der Waals surface area contributed by atoms with Gasteiger partial charge in [-0.25, -0.2) is 4.98 Å². The zero-order valence-corrected chi connectivity index (χ0v) is 14.7. The Kier molecular flexibility index (Phi) is 5.20. The van der Waals surface area contributed by atoms with Crippen molar-refractivity contribution in [2.24, 2.45) is 0 Å². The van der Waals surface area contributed by atoms with Crippen LogP contribution in [0.15, 0.2) is 18.2 Å². The number of nitrogens with zero attached hydrogens (tertiary/aromatic N) is 4. The molecule has 146 valence electrons. The van der Waals surface area contributed by atoms with Crippen molar-refractivity contribution in [3.8, 4) is 17.0 Å². The summed E-state index contributed by atoms with van der Waals surface area (Å²) in [5, 5.41) is 27.4. The van der Waals surface area contributed by atoms with Gasteiger partial charge >= 0.3 is 6.18 Å². The van der Waals surface area contributed by atoms with E-state index >= 15 is 0 Å². The Bertz CT molecular complexity index is 832. The van der Waals surface area contributed by atoms with Crippen LogP contribution in [-0.4, -0.2) is 57.3 Å². The molecule has 2 N–H and O–H groups in total. The molecule has 1 fully saturated rings. The van der Waals surface area contributed by atoms with E-state index in [1.807, 2.05) is 11.8 Å². The van der Waals surface area contributed by atoms with E-state index in [-0.39, 0.29) is 30.1 Å². The first-order valence-electron chi connectivity index (χ1n) is 8.32. The van der Waals surface area contributed by atoms with Crippen LogP contribution in [0.5, 0.6) is 5.75 Å². The van der Waals surface area contributed by atoms with Gasteiger partial charge in [-0.15, -0.1) is 10.2 Å². The molecule has 1 aliphatic heterocycles. The molecule has 1 saturated heterocycles. The fourth-order valence-corrected chi connectivity index (χ4v) is 2.99. The third-order valence-corrected chi connectivity index (χ3v) is 4.24. The van der Waals surface area contributed by atoms with Gasteiger partial charge in [-0.3, -0.25) is 0 Å². The number of anilines is 1. The second kappa shape index (κ2) is 7.28. The Morgan fingerprint density at radius 1 is 1.26 bits per heavy atom. The number of alkyl halides is 3. The van der Waals surface area contributed by atoms with Crippen molar-refractivity contribution in [2.75, 3.05) is 24.6 Å². The van der Waals surface area contributed by atoms with Gasteiger partial charge in [-0.05, 0) is 32.0 Å². The van der Waals surface area contributed by atoms with Crippen molar-refractivity contribution in [1.29, 1.82) is 0 Å². The number of phenolic OH excluding ortho intramolecular Hbond substituents is 1. The fourth-order valence-electron chi connectivity index (χ4n) is 2.99. The molecule has 3 rings (SSSR count). The van der Waals surface area contributed by atoms with E-state index in [1.165, 1.54) is 0 Å². The lowest BCUT2D eigenvalue weighted by Crippen LogP contribution is -2.48. The van der Waals surface area contributed by atoms with Crippen molar-refractivity contribution in [3.05, 3.63) is 29.5 Å². The minimum absolute atomic E-state index is 0.121. The predicted molar refractivity (Wildman–Crippen MR) is 90.3 cm³/mol. The first-order valence-corrected chi connectivity index (χ1v) is 8.32. The Morgan fingerprint density at radius 2 is 2.00 bits per heavy atom. The number of phenols is 1. The van der Waals surface area contributed by atoms with Crippen LogP contribution in [-0.2, 0) is 10.9 Å². The maximum Gasteiger partial charge on any atom is 0.416 e. The maximum atomic E-state index is 12.7. The van der Waals surface area contributed by atoms with Gasteiger partial charge in [0.15, 0.2) is 0 Å². The maximum absolute atomic E-state index is 12.7. The highest BCUT2D eigenvalue weighted by atomic mass is 19.4. The molecule has 0 unspecified atom stereocenters. The number of morpholine rings is 1. The number of benzene rings is 1. The molecule has 0 radical (unpaired) electrons. The first-order chi connectivity index (χ1) is 12.7. The van der Waals surface area contributed by atoms with Gasteiger partial charge in [-0.1, -0.05) is 0 Å². The van der Waals surface area contributed by atoms with Gasteiger partial charge in [-0.2, -0.15) is 13.2 Å². The molecule has 10 heteroatoms. The van der Waals surface area contributed by atoms with Gasteiger partial charge in [0.2, 0.25) is 5.95 Å². The summed E-state index contributed by atoms with van der Waals surface area (Å²) in [6, 6.07) is 2.68. The third kappa shape index (κ3) is 4.11. The Balaban J connectivity index is 1.89. The predicted octanol–water partition coefficient (Wildman–Crippen LogP) is 2.16. The molecule has 0 bridgehead atoms. The van der Waals surface area contributed by atoms with Crippen LogP contribution < -0.4 is 4.90 Å². The number of aliphatic hydroxyl groups is 1. The Hall–Kier alpha value is -2.46. The smallest absolute Gasteiger partial charge is 0.416 e. The van der Waals surface area contributed by atoms with Crippen molar-refractivity contribution in [1.82, 2.24) is 15.2 Å². The number of hydrogen-bond donors (Lipinski definition) is 2. The molecule has 0 saturated carbocycles. The molecule has 1 aliphatic rings. The molecule has 0 spiro atoms. The summed E-state index contributed by atoms with van der Waals surface area (Å²) in [6.45, 7) is 4.28. The average Bonchev–Trinajstić information content (AvgIpc) is 2.60. The molecule has 1 aromatic carbocycles. The quantitative estimate of drug-likeness (QED) is 0.838. The van der Waals surface area contributed by atoms with E-state index in [0.717, 1.165) is 12.1 Å². The fraction of sp³-hybridized carbons (Fsp3) is 0.471.